The Morgan fingerprint density at radius 3 is 2.28 bits per heavy atom. The Balaban J connectivity index is 2.32. The molecule has 0 radical (unpaired) electrons. The minimum atomic E-state index is -3.80. The van der Waals surface area contributed by atoms with E-state index < -0.39 is 22.0 Å². The average Bonchev–Trinajstić information content (AvgIpc) is 2.71. The minimum Gasteiger partial charge on any atom is -0.497 e. The first-order chi connectivity index (χ1) is 13.7. The van der Waals surface area contributed by atoms with Gasteiger partial charge in [0.15, 0.2) is 0 Å². The summed E-state index contributed by atoms with van der Waals surface area (Å²) in [6.07, 6.45) is 1.04. The lowest BCUT2D eigenvalue weighted by Gasteiger charge is -2.29. The van der Waals surface area contributed by atoms with Crippen LogP contribution in [0.4, 0.5) is 5.69 Å². The van der Waals surface area contributed by atoms with Gasteiger partial charge in [0.1, 0.15) is 23.3 Å². The molecule has 158 valence electrons. The van der Waals surface area contributed by atoms with E-state index in [1.165, 1.54) is 27.2 Å². The lowest BCUT2D eigenvalue weighted by atomic mass is 10.2. The Hall–Kier alpha value is -2.94. The van der Waals surface area contributed by atoms with E-state index in [9.17, 15) is 13.2 Å². The van der Waals surface area contributed by atoms with Crippen LogP contribution in [0.3, 0.4) is 0 Å². The van der Waals surface area contributed by atoms with Gasteiger partial charge in [-0.1, -0.05) is 18.2 Å². The van der Waals surface area contributed by atoms with Crippen molar-refractivity contribution in [3.63, 3.8) is 0 Å². The normalized spacial score (nSPS) is 12.0. The standard InChI is InChI=1S/C20H26N2O6S/c1-14(20(23)21-13-15-8-6-7-9-18(15)27-3)22(29(5,24)25)17-12-16(26-2)10-11-19(17)28-4/h6-12,14H,13H2,1-5H3,(H,21,23)/t14-/m0/s1. The third-order valence-corrected chi connectivity index (χ3v) is 5.59. The molecule has 1 atom stereocenters. The van der Waals surface area contributed by atoms with Gasteiger partial charge in [0, 0.05) is 18.2 Å². The number of ether oxygens (including phenoxy) is 3. The molecule has 0 bridgehead atoms. The molecule has 0 fully saturated rings. The van der Waals surface area contributed by atoms with Crippen molar-refractivity contribution in [1.29, 1.82) is 0 Å². The highest BCUT2D eigenvalue weighted by atomic mass is 32.2. The molecule has 0 aliphatic heterocycles. The van der Waals surface area contributed by atoms with Gasteiger partial charge >= 0.3 is 0 Å². The zero-order valence-electron chi connectivity index (χ0n) is 17.1. The van der Waals surface area contributed by atoms with Crippen LogP contribution in [0, 0.1) is 0 Å². The van der Waals surface area contributed by atoms with Crippen molar-refractivity contribution in [1.82, 2.24) is 5.32 Å². The molecule has 9 heteroatoms. The number of sulfonamides is 1. The van der Waals surface area contributed by atoms with Crippen LogP contribution in [0.2, 0.25) is 0 Å². The van der Waals surface area contributed by atoms with E-state index in [1.807, 2.05) is 18.2 Å². The van der Waals surface area contributed by atoms with Gasteiger partial charge in [-0.3, -0.25) is 9.10 Å². The van der Waals surface area contributed by atoms with Gasteiger partial charge in [-0.25, -0.2) is 8.42 Å². The van der Waals surface area contributed by atoms with Crippen LogP contribution in [-0.2, 0) is 21.4 Å². The Bertz CT molecular complexity index is 961. The Morgan fingerprint density at radius 2 is 1.69 bits per heavy atom. The second kappa shape index (κ2) is 9.51. The highest BCUT2D eigenvalue weighted by Crippen LogP contribution is 2.35. The van der Waals surface area contributed by atoms with Gasteiger partial charge < -0.3 is 19.5 Å². The van der Waals surface area contributed by atoms with Gasteiger partial charge in [-0.15, -0.1) is 0 Å². The molecule has 0 spiro atoms. The molecule has 0 heterocycles. The number of methoxy groups -OCH3 is 3. The average molecular weight is 423 g/mol. The van der Waals surface area contributed by atoms with Crippen molar-refractivity contribution in [3.8, 4) is 17.2 Å². The van der Waals surface area contributed by atoms with Crippen molar-refractivity contribution in [3.05, 3.63) is 48.0 Å². The highest BCUT2D eigenvalue weighted by molar-refractivity contribution is 7.92. The van der Waals surface area contributed by atoms with E-state index in [4.69, 9.17) is 14.2 Å². The molecular weight excluding hydrogens is 396 g/mol. The van der Waals surface area contributed by atoms with Crippen molar-refractivity contribution in [2.75, 3.05) is 31.9 Å². The SMILES string of the molecule is COc1ccc(OC)c(N([C@@H](C)C(=O)NCc2ccccc2OC)S(C)(=O)=O)c1. The molecular formula is C20H26N2O6S. The molecule has 0 unspecified atom stereocenters. The number of carbonyl (C=O) groups excluding carboxylic acids is 1. The maximum atomic E-state index is 12.8. The van der Waals surface area contributed by atoms with Crippen LogP contribution in [0.25, 0.3) is 0 Å². The summed E-state index contributed by atoms with van der Waals surface area (Å²) in [5.74, 6) is 0.915. The zero-order valence-corrected chi connectivity index (χ0v) is 17.9. The topological polar surface area (TPSA) is 94.2 Å². The number of anilines is 1. The van der Waals surface area contributed by atoms with E-state index in [2.05, 4.69) is 5.32 Å². The summed E-state index contributed by atoms with van der Waals surface area (Å²) in [5.41, 5.74) is 0.995. The summed E-state index contributed by atoms with van der Waals surface area (Å²) in [6, 6.07) is 11.0. The monoisotopic (exact) mass is 422 g/mol. The smallest absolute Gasteiger partial charge is 0.243 e. The summed E-state index contributed by atoms with van der Waals surface area (Å²) < 4.78 is 41.9. The van der Waals surface area contributed by atoms with E-state index in [0.717, 1.165) is 16.1 Å². The predicted octanol–water partition coefficient (Wildman–Crippen LogP) is 2.18. The van der Waals surface area contributed by atoms with Crippen LogP contribution >= 0.6 is 0 Å². The first-order valence-corrected chi connectivity index (χ1v) is 10.7. The fourth-order valence-corrected chi connectivity index (χ4v) is 4.10. The Morgan fingerprint density at radius 1 is 1.03 bits per heavy atom. The quantitative estimate of drug-likeness (QED) is 0.666. The van der Waals surface area contributed by atoms with Gasteiger partial charge in [0.25, 0.3) is 0 Å². The van der Waals surface area contributed by atoms with Gasteiger partial charge in [-0.2, -0.15) is 0 Å². The summed E-state index contributed by atoms with van der Waals surface area (Å²) in [7, 11) is 0.643. The third kappa shape index (κ3) is 5.32. The number of hydrogen-bond donors (Lipinski definition) is 1. The maximum Gasteiger partial charge on any atom is 0.243 e. The van der Waals surface area contributed by atoms with Gasteiger partial charge in [0.05, 0.1) is 33.3 Å². The van der Waals surface area contributed by atoms with E-state index in [0.29, 0.717) is 17.2 Å². The van der Waals surface area contributed by atoms with E-state index in [1.54, 1.807) is 25.3 Å². The first-order valence-electron chi connectivity index (χ1n) is 8.84. The summed E-state index contributed by atoms with van der Waals surface area (Å²) in [5, 5.41) is 2.76. The maximum absolute atomic E-state index is 12.8. The first kappa shape index (κ1) is 22.4. The van der Waals surface area contributed by atoms with Crippen LogP contribution in [0.5, 0.6) is 17.2 Å². The number of carbonyl (C=O) groups is 1. The molecule has 0 aliphatic rings. The molecule has 0 saturated carbocycles. The molecule has 29 heavy (non-hydrogen) atoms. The molecule has 1 amide bonds. The van der Waals surface area contributed by atoms with Crippen LogP contribution in [0.1, 0.15) is 12.5 Å². The molecule has 2 rings (SSSR count). The second-order valence-electron chi connectivity index (χ2n) is 6.30. The fraction of sp³-hybridized carbons (Fsp3) is 0.350. The fourth-order valence-electron chi connectivity index (χ4n) is 2.93. The second-order valence-corrected chi connectivity index (χ2v) is 8.16. The van der Waals surface area contributed by atoms with E-state index in [-0.39, 0.29) is 12.2 Å². The molecule has 1 N–H and O–H groups in total. The van der Waals surface area contributed by atoms with Crippen molar-refractivity contribution in [2.24, 2.45) is 0 Å². The number of para-hydroxylation sites is 1. The van der Waals surface area contributed by atoms with Crippen molar-refractivity contribution < 1.29 is 27.4 Å². The molecule has 0 aliphatic carbocycles. The number of benzene rings is 2. The van der Waals surface area contributed by atoms with Crippen LogP contribution < -0.4 is 23.8 Å². The number of amides is 1. The van der Waals surface area contributed by atoms with Crippen molar-refractivity contribution in [2.45, 2.75) is 19.5 Å². The lowest BCUT2D eigenvalue weighted by Crippen LogP contribution is -2.47. The number of rotatable bonds is 9. The summed E-state index contributed by atoms with van der Waals surface area (Å²) in [4.78, 5) is 12.8. The minimum absolute atomic E-state index is 0.194. The Labute approximate surface area is 171 Å². The predicted molar refractivity (Wildman–Crippen MR) is 111 cm³/mol. The molecule has 8 nitrogen and oxygen atoms in total. The van der Waals surface area contributed by atoms with Crippen LogP contribution in [-0.4, -0.2) is 48.0 Å². The highest BCUT2D eigenvalue weighted by Gasteiger charge is 2.31. The number of nitrogens with zero attached hydrogens (tertiary/aromatic N) is 1. The van der Waals surface area contributed by atoms with E-state index >= 15 is 0 Å². The zero-order chi connectivity index (χ0) is 21.6. The number of hydrogen-bond acceptors (Lipinski definition) is 6. The Kier molecular flexibility index (Phi) is 7.33. The summed E-state index contributed by atoms with van der Waals surface area (Å²) in [6.45, 7) is 1.71. The number of nitrogens with one attached hydrogen (secondary N) is 1. The molecule has 2 aromatic carbocycles. The van der Waals surface area contributed by atoms with Gasteiger partial charge in [0.2, 0.25) is 15.9 Å². The largest absolute Gasteiger partial charge is 0.497 e. The molecule has 0 aromatic heterocycles. The molecule has 0 saturated heterocycles. The van der Waals surface area contributed by atoms with Crippen LogP contribution in [0.15, 0.2) is 42.5 Å². The molecule has 2 aromatic rings. The van der Waals surface area contributed by atoms with Gasteiger partial charge in [-0.05, 0) is 25.1 Å². The third-order valence-electron chi connectivity index (χ3n) is 4.36. The summed E-state index contributed by atoms with van der Waals surface area (Å²) >= 11 is 0. The lowest BCUT2D eigenvalue weighted by molar-refractivity contribution is -0.122. The van der Waals surface area contributed by atoms with Crippen molar-refractivity contribution >= 4 is 21.6 Å².